The van der Waals surface area contributed by atoms with E-state index >= 15 is 0 Å². The van der Waals surface area contributed by atoms with Gasteiger partial charge in [0.05, 0.1) is 12.8 Å². The number of ether oxygens (including phenoxy) is 1. The van der Waals surface area contributed by atoms with Crippen molar-refractivity contribution < 1.29 is 19.1 Å². The fraction of sp³-hybridized carbons (Fsp3) is 0.292. The van der Waals surface area contributed by atoms with Gasteiger partial charge < -0.3 is 9.64 Å². The maximum atomic E-state index is 13.1. The Bertz CT molecular complexity index is 1080. The lowest BCUT2D eigenvalue weighted by atomic mass is 10.0. The van der Waals surface area contributed by atoms with Crippen molar-refractivity contribution in [3.05, 3.63) is 59.2 Å². The molecule has 7 nitrogen and oxygen atoms in total. The number of hydrogen-bond acceptors (Lipinski definition) is 5. The van der Waals surface area contributed by atoms with Gasteiger partial charge in [-0.2, -0.15) is 0 Å². The number of barbiturate groups is 1. The SMILES string of the molecule is CCCCN1CCc2cc(C=C3C(=O)NC(=O)N(c4cccc(OC)c4)C3=O)ccc21. The van der Waals surface area contributed by atoms with Gasteiger partial charge in [0.25, 0.3) is 11.8 Å². The molecule has 0 aromatic heterocycles. The molecule has 7 heteroatoms. The summed E-state index contributed by atoms with van der Waals surface area (Å²) in [6.07, 6.45) is 4.78. The van der Waals surface area contributed by atoms with Crippen molar-refractivity contribution in [1.82, 2.24) is 5.32 Å². The van der Waals surface area contributed by atoms with Crippen molar-refractivity contribution in [1.29, 1.82) is 0 Å². The van der Waals surface area contributed by atoms with Crippen molar-refractivity contribution in [2.45, 2.75) is 26.2 Å². The molecule has 0 radical (unpaired) electrons. The summed E-state index contributed by atoms with van der Waals surface area (Å²) < 4.78 is 5.18. The van der Waals surface area contributed by atoms with Crippen LogP contribution in [-0.2, 0) is 16.0 Å². The van der Waals surface area contributed by atoms with Gasteiger partial charge in [-0.05, 0) is 54.3 Å². The van der Waals surface area contributed by atoms with Crippen molar-refractivity contribution >= 4 is 35.3 Å². The van der Waals surface area contributed by atoms with E-state index in [0.29, 0.717) is 11.4 Å². The van der Waals surface area contributed by atoms with Gasteiger partial charge in [0.2, 0.25) is 0 Å². The van der Waals surface area contributed by atoms with Crippen LogP contribution in [0.3, 0.4) is 0 Å². The number of anilines is 2. The molecule has 0 spiro atoms. The lowest BCUT2D eigenvalue weighted by Crippen LogP contribution is -2.54. The predicted octanol–water partition coefficient (Wildman–Crippen LogP) is 3.52. The number of hydrogen-bond donors (Lipinski definition) is 1. The van der Waals surface area contributed by atoms with Gasteiger partial charge in [-0.3, -0.25) is 14.9 Å². The quantitative estimate of drug-likeness (QED) is 0.573. The minimum atomic E-state index is -0.777. The average Bonchev–Trinajstić information content (AvgIpc) is 3.17. The van der Waals surface area contributed by atoms with Gasteiger partial charge in [0.1, 0.15) is 11.3 Å². The Kier molecular flexibility index (Phi) is 5.75. The normalized spacial score (nSPS) is 17.2. The van der Waals surface area contributed by atoms with Crippen LogP contribution in [0.5, 0.6) is 5.75 Å². The maximum absolute atomic E-state index is 13.1. The molecule has 31 heavy (non-hydrogen) atoms. The summed E-state index contributed by atoms with van der Waals surface area (Å²) in [6, 6.07) is 11.8. The van der Waals surface area contributed by atoms with E-state index < -0.39 is 17.8 Å². The Morgan fingerprint density at radius 1 is 1.13 bits per heavy atom. The summed E-state index contributed by atoms with van der Waals surface area (Å²) >= 11 is 0. The first kappa shape index (κ1) is 20.7. The second-order valence-electron chi connectivity index (χ2n) is 7.64. The topological polar surface area (TPSA) is 79.0 Å². The molecule has 2 heterocycles. The number of rotatable bonds is 6. The van der Waals surface area contributed by atoms with Crippen molar-refractivity contribution in [2.24, 2.45) is 0 Å². The molecule has 0 aliphatic carbocycles. The standard InChI is InChI=1S/C24H25N3O4/c1-3-4-11-26-12-10-17-13-16(8-9-21(17)26)14-20-22(28)25-24(30)27(23(20)29)18-6-5-7-19(15-18)31-2/h5-9,13-15H,3-4,10-12H2,1-2H3,(H,25,28,30). The Labute approximate surface area is 181 Å². The number of urea groups is 1. The molecule has 2 aromatic carbocycles. The number of methoxy groups -OCH3 is 1. The zero-order chi connectivity index (χ0) is 22.0. The minimum absolute atomic E-state index is 0.0804. The van der Waals surface area contributed by atoms with Crippen molar-refractivity contribution in [3.8, 4) is 5.75 Å². The lowest BCUT2D eigenvalue weighted by molar-refractivity contribution is -0.122. The third-order valence-electron chi connectivity index (χ3n) is 5.60. The summed E-state index contributed by atoms with van der Waals surface area (Å²) in [5.41, 5.74) is 3.43. The first-order valence-corrected chi connectivity index (χ1v) is 10.4. The van der Waals surface area contributed by atoms with Crippen molar-refractivity contribution in [3.63, 3.8) is 0 Å². The fourth-order valence-electron chi connectivity index (χ4n) is 3.97. The summed E-state index contributed by atoms with van der Waals surface area (Å²) in [7, 11) is 1.50. The molecule has 2 aromatic rings. The number of carbonyl (C=O) groups is 3. The number of nitrogens with one attached hydrogen (secondary N) is 1. The van der Waals surface area contributed by atoms with E-state index in [0.717, 1.165) is 42.8 Å². The lowest BCUT2D eigenvalue weighted by Gasteiger charge is -2.26. The summed E-state index contributed by atoms with van der Waals surface area (Å²) in [4.78, 5) is 41.2. The Morgan fingerprint density at radius 3 is 2.74 bits per heavy atom. The summed E-state index contributed by atoms with van der Waals surface area (Å²) in [5, 5.41) is 2.26. The van der Waals surface area contributed by atoms with Crippen LogP contribution in [0.15, 0.2) is 48.0 Å². The zero-order valence-corrected chi connectivity index (χ0v) is 17.7. The van der Waals surface area contributed by atoms with Crippen LogP contribution >= 0.6 is 0 Å². The van der Waals surface area contributed by atoms with E-state index in [9.17, 15) is 14.4 Å². The van der Waals surface area contributed by atoms with Gasteiger partial charge in [-0.1, -0.05) is 25.5 Å². The Balaban J connectivity index is 1.63. The molecule has 0 bridgehead atoms. The van der Waals surface area contributed by atoms with Gasteiger partial charge in [0, 0.05) is 24.8 Å². The van der Waals surface area contributed by atoms with Gasteiger partial charge in [-0.25, -0.2) is 9.69 Å². The van der Waals surface area contributed by atoms with E-state index in [4.69, 9.17) is 4.74 Å². The zero-order valence-electron chi connectivity index (χ0n) is 17.7. The molecule has 0 saturated carbocycles. The molecule has 4 rings (SSSR count). The van der Waals surface area contributed by atoms with Crippen LogP contribution in [0, 0.1) is 0 Å². The number of unbranched alkanes of at least 4 members (excludes halogenated alkanes) is 1. The third kappa shape index (κ3) is 4.03. The molecule has 4 amide bonds. The number of benzene rings is 2. The van der Waals surface area contributed by atoms with Crippen LogP contribution < -0.4 is 19.9 Å². The van der Waals surface area contributed by atoms with E-state index in [1.807, 2.05) is 18.2 Å². The highest BCUT2D eigenvalue weighted by Crippen LogP contribution is 2.30. The molecule has 160 valence electrons. The molecule has 1 N–H and O–H groups in total. The molecule has 1 fully saturated rings. The number of carbonyl (C=O) groups excluding carboxylic acids is 3. The van der Waals surface area contributed by atoms with Crippen LogP contribution in [0.25, 0.3) is 6.08 Å². The highest BCUT2D eigenvalue weighted by atomic mass is 16.5. The second-order valence-corrected chi connectivity index (χ2v) is 7.64. The van der Waals surface area contributed by atoms with Crippen LogP contribution in [0.2, 0.25) is 0 Å². The average molecular weight is 419 g/mol. The largest absolute Gasteiger partial charge is 0.497 e. The van der Waals surface area contributed by atoms with Crippen molar-refractivity contribution in [2.75, 3.05) is 30.0 Å². The summed E-state index contributed by atoms with van der Waals surface area (Å²) in [5.74, 6) is -0.849. The van der Waals surface area contributed by atoms with Crippen LogP contribution in [0.1, 0.15) is 30.9 Å². The molecular weight excluding hydrogens is 394 g/mol. The Hall–Kier alpha value is -3.61. The number of amides is 4. The van der Waals surface area contributed by atoms with E-state index in [1.165, 1.54) is 18.4 Å². The molecule has 2 aliphatic rings. The Morgan fingerprint density at radius 2 is 1.97 bits per heavy atom. The van der Waals surface area contributed by atoms with Crippen LogP contribution in [-0.4, -0.2) is 38.0 Å². The molecule has 2 aliphatic heterocycles. The second kappa shape index (κ2) is 8.63. The first-order chi connectivity index (χ1) is 15.0. The maximum Gasteiger partial charge on any atom is 0.335 e. The summed E-state index contributed by atoms with van der Waals surface area (Å²) in [6.45, 7) is 4.19. The fourth-order valence-corrected chi connectivity index (χ4v) is 3.97. The number of nitrogens with zero attached hydrogens (tertiary/aromatic N) is 2. The number of imide groups is 2. The number of fused-ring (bicyclic) bond motifs is 1. The monoisotopic (exact) mass is 419 g/mol. The predicted molar refractivity (Wildman–Crippen MR) is 119 cm³/mol. The highest BCUT2D eigenvalue weighted by molar-refractivity contribution is 6.39. The molecule has 0 atom stereocenters. The minimum Gasteiger partial charge on any atom is -0.497 e. The van der Waals surface area contributed by atoms with Crippen LogP contribution in [0.4, 0.5) is 16.2 Å². The van der Waals surface area contributed by atoms with E-state index in [-0.39, 0.29) is 5.57 Å². The van der Waals surface area contributed by atoms with Gasteiger partial charge in [-0.15, -0.1) is 0 Å². The molecule has 0 unspecified atom stereocenters. The van der Waals surface area contributed by atoms with E-state index in [1.54, 1.807) is 30.3 Å². The van der Waals surface area contributed by atoms with E-state index in [2.05, 4.69) is 17.1 Å². The third-order valence-corrected chi connectivity index (χ3v) is 5.60. The molecular formula is C24H25N3O4. The highest BCUT2D eigenvalue weighted by Gasteiger charge is 2.37. The van der Waals surface area contributed by atoms with Gasteiger partial charge in [0.15, 0.2) is 0 Å². The first-order valence-electron chi connectivity index (χ1n) is 10.4. The van der Waals surface area contributed by atoms with Gasteiger partial charge >= 0.3 is 6.03 Å². The molecule has 1 saturated heterocycles. The smallest absolute Gasteiger partial charge is 0.335 e.